The summed E-state index contributed by atoms with van der Waals surface area (Å²) in [5, 5.41) is 13.0. The second kappa shape index (κ2) is 116. The number of amides is 3. The highest BCUT2D eigenvalue weighted by molar-refractivity contribution is 5.67. The molecule has 29 heteroatoms. The van der Waals surface area contributed by atoms with Crippen LogP contribution in [0.1, 0.15) is 175 Å². The van der Waals surface area contributed by atoms with Crippen molar-refractivity contribution in [2.75, 3.05) is 232 Å². The average molecular weight is 1370 g/mol. The van der Waals surface area contributed by atoms with Gasteiger partial charge >= 0.3 is 18.3 Å². The molecule has 5 N–H and O–H groups in total. The Hall–Kier alpha value is -2.99. The predicted molar refractivity (Wildman–Crippen MR) is 362 cm³/mol. The third kappa shape index (κ3) is 141. The molecule has 568 valence electrons. The second-order valence-electron chi connectivity index (χ2n) is 17.7. The van der Waals surface area contributed by atoms with Gasteiger partial charge in [-0.3, -0.25) is 10.6 Å². The molecule has 0 fully saturated rings. The standard InChI is InChI=1S/C10H22N2O5.C9H20N2O5.C9H20O2.2C8H18O3.C8H18O2.C7H15NO3.C5H12O/c1-3-5-15-10(13)12-8-11-9-17-16-7-6-14-4-2;1-3-13-5-6-15-16-8-10-7-11-9(12)14-4-2;1-3-7-11-9-6-5-8-10-4-2;1-3-5-10-6-7-11-8-9-4-2;1-3-5-10-8-11-7-6-9-4-2;1-3-5-6-7-10-8-9-4-2;1-3-8-7(9)11-6-5-10-4-2;1-3-5-6-4-2/h11H,3-9H2,1-2H3,(H,12,13);10H,3-8H2,1-2H3,(H,11,12);3-9H2,1-2H3;2*3-8H2,1-2H3;3-8H2,1-2H3;3-6H2,1-2H3,(H,8,9);3-5H2,1-2H3. The number of carbonyl (C=O) groups is 3. The van der Waals surface area contributed by atoms with Crippen molar-refractivity contribution in [2.24, 2.45) is 0 Å². The van der Waals surface area contributed by atoms with Crippen molar-refractivity contribution < 1.29 is 114 Å². The van der Waals surface area contributed by atoms with Gasteiger partial charge in [-0.15, -0.1) is 0 Å². The molecular formula is C64H143N5O24. The van der Waals surface area contributed by atoms with E-state index in [-0.39, 0.29) is 32.9 Å². The number of hydrogen-bond donors (Lipinski definition) is 5. The number of alkyl carbamates (subject to hydrolysis) is 3. The fourth-order valence-corrected chi connectivity index (χ4v) is 4.98. The van der Waals surface area contributed by atoms with Crippen molar-refractivity contribution in [2.45, 2.75) is 175 Å². The van der Waals surface area contributed by atoms with Crippen LogP contribution in [0.4, 0.5) is 14.4 Å². The van der Waals surface area contributed by atoms with E-state index >= 15 is 0 Å². The summed E-state index contributed by atoms with van der Waals surface area (Å²) in [6.45, 7) is 52.1. The number of hydrogen-bond acceptors (Lipinski definition) is 26. The van der Waals surface area contributed by atoms with Gasteiger partial charge in [0.1, 0.15) is 53.7 Å². The Kier molecular flexibility index (Phi) is 133. The molecular weight excluding hydrogens is 1220 g/mol. The summed E-state index contributed by atoms with van der Waals surface area (Å²) in [5.41, 5.74) is 0. The number of ether oxygens (including phenoxy) is 17. The van der Waals surface area contributed by atoms with E-state index in [2.05, 4.69) is 65.9 Å². The number of unbranched alkanes of at least 4 members (excludes halogenated alkanes) is 3. The maximum Gasteiger partial charge on any atom is 0.408 e. The van der Waals surface area contributed by atoms with Gasteiger partial charge in [-0.25, -0.2) is 33.9 Å². The summed E-state index contributed by atoms with van der Waals surface area (Å²) in [6, 6.07) is 0. The monoisotopic (exact) mass is 1370 g/mol. The van der Waals surface area contributed by atoms with Crippen LogP contribution in [0.5, 0.6) is 0 Å². The Balaban J connectivity index is -0.000000150. The van der Waals surface area contributed by atoms with Gasteiger partial charge in [0.2, 0.25) is 0 Å². The lowest BCUT2D eigenvalue weighted by Gasteiger charge is -2.07. The molecule has 0 aliphatic heterocycles. The van der Waals surface area contributed by atoms with Crippen molar-refractivity contribution >= 4 is 18.3 Å². The zero-order valence-corrected chi connectivity index (χ0v) is 61.6. The quantitative estimate of drug-likeness (QED) is 0.0124. The highest BCUT2D eigenvalue weighted by Gasteiger charge is 2.01. The van der Waals surface area contributed by atoms with Gasteiger partial charge in [-0.1, -0.05) is 54.4 Å². The summed E-state index contributed by atoms with van der Waals surface area (Å²) >= 11 is 0. The van der Waals surface area contributed by atoms with Crippen molar-refractivity contribution in [3.05, 3.63) is 0 Å². The van der Waals surface area contributed by atoms with E-state index in [1.54, 1.807) is 6.92 Å². The fraction of sp³-hybridized carbons (Fsp3) is 0.953. The fourth-order valence-electron chi connectivity index (χ4n) is 4.98. The Bertz CT molecular complexity index is 1160. The van der Waals surface area contributed by atoms with E-state index in [1.807, 2.05) is 69.2 Å². The Labute approximate surface area is 564 Å². The third-order valence-corrected chi connectivity index (χ3v) is 9.31. The molecule has 0 atom stereocenters. The van der Waals surface area contributed by atoms with E-state index < -0.39 is 12.2 Å². The Morgan fingerprint density at radius 1 is 0.237 bits per heavy atom. The largest absolute Gasteiger partial charge is 0.450 e. The SMILES string of the molecule is CCCCCOCOCC.CCCOC(=O)NCNCOOCCOCC.CCCOCC.CCCOCCCCOCC.CCCOCCOCOCC.CCCOCOCCOCC.CCNC(=O)OCCOCC.CCOCCOOCNCNC(=O)OCC. The van der Waals surface area contributed by atoms with E-state index in [1.165, 1.54) is 12.8 Å². The smallest absolute Gasteiger partial charge is 0.408 e. The maximum absolute atomic E-state index is 10.9. The van der Waals surface area contributed by atoms with Crippen molar-refractivity contribution in [3.8, 4) is 0 Å². The molecule has 0 saturated carbocycles. The highest BCUT2D eigenvalue weighted by Crippen LogP contribution is 1.95. The molecule has 29 nitrogen and oxygen atoms in total. The Morgan fingerprint density at radius 3 is 0.968 bits per heavy atom. The van der Waals surface area contributed by atoms with Gasteiger partial charge < -0.3 is 96.5 Å². The summed E-state index contributed by atoms with van der Waals surface area (Å²) in [5.74, 6) is 0. The van der Waals surface area contributed by atoms with Crippen LogP contribution >= 0.6 is 0 Å². The lowest BCUT2D eigenvalue weighted by molar-refractivity contribution is -0.303. The van der Waals surface area contributed by atoms with Gasteiger partial charge in [0.25, 0.3) is 0 Å². The van der Waals surface area contributed by atoms with E-state index in [0.717, 1.165) is 124 Å². The van der Waals surface area contributed by atoms with Crippen molar-refractivity contribution in [1.29, 1.82) is 0 Å². The van der Waals surface area contributed by atoms with Gasteiger partial charge in [-0.2, -0.15) is 0 Å². The minimum atomic E-state index is -0.465. The second-order valence-corrected chi connectivity index (χ2v) is 17.7. The lowest BCUT2D eigenvalue weighted by Crippen LogP contribution is -2.35. The number of nitrogens with one attached hydrogen (secondary N) is 5. The van der Waals surface area contributed by atoms with Crippen LogP contribution in [0.2, 0.25) is 0 Å². The molecule has 93 heavy (non-hydrogen) atoms. The molecule has 0 aromatic rings. The Morgan fingerprint density at radius 2 is 0.538 bits per heavy atom. The van der Waals surface area contributed by atoms with Crippen LogP contribution in [0.3, 0.4) is 0 Å². The van der Waals surface area contributed by atoms with Crippen LogP contribution in [0.25, 0.3) is 0 Å². The average Bonchev–Trinajstić information content (AvgIpc) is 3.58. The molecule has 0 aromatic carbocycles. The summed E-state index contributed by atoms with van der Waals surface area (Å²) < 4.78 is 85.2. The van der Waals surface area contributed by atoms with Gasteiger partial charge in [-0.05, 0) is 121 Å². The first-order chi connectivity index (χ1) is 45.5. The summed E-state index contributed by atoms with van der Waals surface area (Å²) in [4.78, 5) is 51.4. The zero-order chi connectivity index (χ0) is 70.9. The first-order valence-electron chi connectivity index (χ1n) is 34.2. The first kappa shape index (κ1) is 106. The molecule has 0 unspecified atom stereocenters. The lowest BCUT2D eigenvalue weighted by atomic mass is 10.3. The van der Waals surface area contributed by atoms with E-state index in [0.29, 0.717) is 133 Å². The number of carbonyl (C=O) groups excluding carboxylic acids is 3. The molecule has 0 heterocycles. The zero-order valence-electron chi connectivity index (χ0n) is 61.6. The van der Waals surface area contributed by atoms with Crippen molar-refractivity contribution in [3.63, 3.8) is 0 Å². The molecule has 3 amide bonds. The van der Waals surface area contributed by atoms with Crippen LogP contribution in [-0.4, -0.2) is 250 Å². The molecule has 0 aliphatic rings. The van der Waals surface area contributed by atoms with Crippen LogP contribution in [0.15, 0.2) is 0 Å². The van der Waals surface area contributed by atoms with Crippen molar-refractivity contribution in [1.82, 2.24) is 26.6 Å². The predicted octanol–water partition coefficient (Wildman–Crippen LogP) is 10.3. The summed E-state index contributed by atoms with van der Waals surface area (Å²) in [7, 11) is 0. The highest BCUT2D eigenvalue weighted by atomic mass is 17.2. The molecule has 0 saturated heterocycles. The normalized spacial score (nSPS) is 10.1. The molecule has 0 aliphatic carbocycles. The first-order valence-corrected chi connectivity index (χ1v) is 34.2. The van der Waals surface area contributed by atoms with Crippen LogP contribution < -0.4 is 26.6 Å². The molecule has 0 aromatic heterocycles. The molecule has 0 spiro atoms. The number of rotatable bonds is 60. The van der Waals surface area contributed by atoms with Crippen LogP contribution in [-0.2, 0) is 100 Å². The third-order valence-electron chi connectivity index (χ3n) is 9.31. The minimum absolute atomic E-state index is 0.179. The molecule has 0 rings (SSSR count). The van der Waals surface area contributed by atoms with Crippen LogP contribution in [0, 0.1) is 0 Å². The minimum Gasteiger partial charge on any atom is -0.450 e. The topological polar surface area (TPSA) is 305 Å². The maximum atomic E-state index is 10.9. The molecule has 0 bridgehead atoms. The van der Waals surface area contributed by atoms with Gasteiger partial charge in [0.05, 0.1) is 72.8 Å². The van der Waals surface area contributed by atoms with Gasteiger partial charge in [0.15, 0.2) is 0 Å². The van der Waals surface area contributed by atoms with E-state index in [9.17, 15) is 14.4 Å². The molecule has 0 radical (unpaired) electrons. The van der Waals surface area contributed by atoms with E-state index in [4.69, 9.17) is 95.3 Å². The van der Waals surface area contributed by atoms with Gasteiger partial charge in [0, 0.05) is 106 Å². The summed E-state index contributed by atoms with van der Waals surface area (Å²) in [6.07, 6.45) is 9.76.